The van der Waals surface area contributed by atoms with Crippen LogP contribution >= 0.6 is 0 Å². The van der Waals surface area contributed by atoms with E-state index in [1.54, 1.807) is 5.56 Å². The molecule has 0 bridgehead atoms. The van der Waals surface area contributed by atoms with Crippen molar-refractivity contribution in [1.29, 1.82) is 0 Å². The third-order valence-electron chi connectivity index (χ3n) is 7.52. The Morgan fingerprint density at radius 2 is 1.52 bits per heavy atom. The summed E-state index contributed by atoms with van der Waals surface area (Å²) in [6, 6.07) is 6.96. The van der Waals surface area contributed by atoms with Gasteiger partial charge in [-0.2, -0.15) is 0 Å². The molecule has 0 spiro atoms. The van der Waals surface area contributed by atoms with Crippen LogP contribution in [-0.2, 0) is 15.3 Å². The largest absolute Gasteiger partial charge is 0.546 e. The fraction of sp³-hybridized carbons (Fsp3) is 0.704. The maximum absolute atomic E-state index is 6.90. The second-order valence-corrected chi connectivity index (χ2v) is 27.2. The third kappa shape index (κ3) is 5.39. The molecule has 0 aliphatic heterocycles. The van der Waals surface area contributed by atoms with Crippen LogP contribution in [0.15, 0.2) is 30.0 Å². The first-order valence-corrected chi connectivity index (χ1v) is 23.2. The summed E-state index contributed by atoms with van der Waals surface area (Å²) in [7, 11) is -5.00. The first-order chi connectivity index (χ1) is 15.1. The SMILES string of the molecule is C[C@]12CC[C@@H]3c4ccc(O[Si](C)(C)C)cc4CCC3[C@@H]1C=C(O[Si](C)(C)C)[C@@H]2O[Si](C)(C)C. The standard InChI is InChI=1S/C27H46O3Si3/c1-27-16-15-22-21-14-12-20(28-31(2,3)4)17-19(21)11-13-23(22)24(27)18-25(29-32(5,6)7)26(27)30-33(8,9)10/h12,14,17-18,22-24,26H,11,13,15-16H2,1-10H3/t22-,23?,24+,26+,27+/m1/s1. The molecular weight excluding hydrogens is 457 g/mol. The van der Waals surface area contributed by atoms with E-state index in [2.05, 4.69) is 90.1 Å². The van der Waals surface area contributed by atoms with Gasteiger partial charge in [0.2, 0.25) is 16.6 Å². The van der Waals surface area contributed by atoms with Crippen LogP contribution in [0.2, 0.25) is 58.9 Å². The van der Waals surface area contributed by atoms with Gasteiger partial charge < -0.3 is 13.3 Å². The van der Waals surface area contributed by atoms with E-state index in [1.165, 1.54) is 24.8 Å². The van der Waals surface area contributed by atoms with Crippen molar-refractivity contribution in [2.24, 2.45) is 17.3 Å². The predicted octanol–water partition coefficient (Wildman–Crippen LogP) is 7.93. The maximum Gasteiger partial charge on any atom is 0.242 e. The fourth-order valence-corrected chi connectivity index (χ4v) is 9.26. The van der Waals surface area contributed by atoms with E-state index in [9.17, 15) is 0 Å². The lowest BCUT2D eigenvalue weighted by Gasteiger charge is -2.51. The van der Waals surface area contributed by atoms with Gasteiger partial charge in [0.15, 0.2) is 8.32 Å². The molecule has 3 nitrogen and oxygen atoms in total. The van der Waals surface area contributed by atoms with Crippen LogP contribution < -0.4 is 4.43 Å². The first-order valence-electron chi connectivity index (χ1n) is 13.0. The molecule has 1 saturated carbocycles. The minimum absolute atomic E-state index is 0.121. The quantitative estimate of drug-likeness (QED) is 0.370. The smallest absolute Gasteiger partial charge is 0.242 e. The van der Waals surface area contributed by atoms with Crippen molar-refractivity contribution in [2.45, 2.75) is 104 Å². The monoisotopic (exact) mass is 502 g/mol. The molecule has 5 atom stereocenters. The zero-order valence-corrected chi connectivity index (χ0v) is 25.7. The zero-order chi connectivity index (χ0) is 24.4. The highest BCUT2D eigenvalue weighted by molar-refractivity contribution is 6.71. The van der Waals surface area contributed by atoms with Crippen molar-refractivity contribution in [3.05, 3.63) is 41.2 Å². The fourth-order valence-electron chi connectivity index (χ4n) is 6.45. The molecule has 4 rings (SSSR count). The molecule has 33 heavy (non-hydrogen) atoms. The Hall–Kier alpha value is -0.829. The average molecular weight is 503 g/mol. The summed E-state index contributed by atoms with van der Waals surface area (Å²) >= 11 is 0. The summed E-state index contributed by atoms with van der Waals surface area (Å²) in [5.74, 6) is 4.09. The molecule has 1 fully saturated rings. The van der Waals surface area contributed by atoms with Crippen LogP contribution in [0.25, 0.3) is 0 Å². The normalized spacial score (nSPS) is 31.9. The lowest BCUT2D eigenvalue weighted by molar-refractivity contribution is -0.0150. The molecule has 1 aromatic rings. The third-order valence-corrected chi connectivity index (χ3v) is 10.2. The van der Waals surface area contributed by atoms with Crippen molar-refractivity contribution in [2.75, 3.05) is 0 Å². The number of allylic oxidation sites excluding steroid dienone is 1. The molecule has 0 radical (unpaired) electrons. The van der Waals surface area contributed by atoms with E-state index in [-0.39, 0.29) is 11.5 Å². The minimum atomic E-state index is -1.71. The second kappa shape index (κ2) is 8.39. The topological polar surface area (TPSA) is 27.7 Å². The summed E-state index contributed by atoms with van der Waals surface area (Å²) in [4.78, 5) is 0. The van der Waals surface area contributed by atoms with Gasteiger partial charge in [0.05, 0.1) is 0 Å². The molecule has 1 unspecified atom stereocenters. The Bertz CT molecular complexity index is 922. The molecular formula is C27H46O3Si3. The Morgan fingerprint density at radius 3 is 2.12 bits per heavy atom. The molecule has 0 amide bonds. The van der Waals surface area contributed by atoms with Gasteiger partial charge in [0.1, 0.15) is 17.6 Å². The highest BCUT2D eigenvalue weighted by Crippen LogP contribution is 2.61. The molecule has 184 valence electrons. The summed E-state index contributed by atoms with van der Waals surface area (Å²) in [5, 5.41) is 0. The molecule has 6 heteroatoms. The molecule has 0 heterocycles. The van der Waals surface area contributed by atoms with E-state index in [0.717, 1.165) is 17.9 Å². The van der Waals surface area contributed by atoms with Gasteiger partial charge in [-0.1, -0.05) is 13.0 Å². The van der Waals surface area contributed by atoms with Gasteiger partial charge in [-0.25, -0.2) is 0 Å². The Labute approximate surface area is 205 Å². The van der Waals surface area contributed by atoms with Crippen molar-refractivity contribution >= 4 is 25.0 Å². The van der Waals surface area contributed by atoms with Gasteiger partial charge in [-0.15, -0.1) is 0 Å². The van der Waals surface area contributed by atoms with Crippen LogP contribution in [0, 0.1) is 17.3 Å². The van der Waals surface area contributed by atoms with Crippen LogP contribution in [0.3, 0.4) is 0 Å². The Morgan fingerprint density at radius 1 is 0.848 bits per heavy atom. The van der Waals surface area contributed by atoms with E-state index in [0.29, 0.717) is 17.8 Å². The predicted molar refractivity (Wildman–Crippen MR) is 147 cm³/mol. The molecule has 1 aromatic carbocycles. The highest BCUT2D eigenvalue weighted by Gasteiger charge is 2.57. The summed E-state index contributed by atoms with van der Waals surface area (Å²) in [5.41, 5.74) is 3.24. The average Bonchev–Trinajstić information content (AvgIpc) is 2.89. The number of hydrogen-bond acceptors (Lipinski definition) is 3. The summed E-state index contributed by atoms with van der Waals surface area (Å²) in [6.45, 7) is 23.1. The van der Waals surface area contributed by atoms with E-state index in [4.69, 9.17) is 13.3 Å². The lowest BCUT2D eigenvalue weighted by atomic mass is 9.55. The van der Waals surface area contributed by atoms with Crippen LogP contribution in [0.1, 0.15) is 43.2 Å². The molecule has 3 aliphatic carbocycles. The van der Waals surface area contributed by atoms with Crippen LogP contribution in [0.4, 0.5) is 0 Å². The van der Waals surface area contributed by atoms with E-state index in [1.807, 2.05) is 0 Å². The van der Waals surface area contributed by atoms with E-state index >= 15 is 0 Å². The van der Waals surface area contributed by atoms with Crippen LogP contribution in [0.5, 0.6) is 5.75 Å². The van der Waals surface area contributed by atoms with E-state index < -0.39 is 25.0 Å². The summed E-state index contributed by atoms with van der Waals surface area (Å²) in [6.07, 6.45) is 7.51. The van der Waals surface area contributed by atoms with Crippen molar-refractivity contribution in [1.82, 2.24) is 0 Å². The summed E-state index contributed by atoms with van der Waals surface area (Å²) < 4.78 is 19.9. The second-order valence-electron chi connectivity index (χ2n) is 13.8. The lowest BCUT2D eigenvalue weighted by Crippen LogP contribution is -2.49. The zero-order valence-electron chi connectivity index (χ0n) is 22.7. The van der Waals surface area contributed by atoms with Gasteiger partial charge in [-0.05, 0) is 132 Å². The van der Waals surface area contributed by atoms with Gasteiger partial charge in [0, 0.05) is 5.41 Å². The van der Waals surface area contributed by atoms with Gasteiger partial charge >= 0.3 is 0 Å². The number of aryl methyl sites for hydroxylation is 1. The number of benzene rings is 1. The molecule has 0 saturated heterocycles. The van der Waals surface area contributed by atoms with Crippen LogP contribution in [-0.4, -0.2) is 31.1 Å². The van der Waals surface area contributed by atoms with Crippen molar-refractivity contribution < 1.29 is 13.3 Å². The maximum atomic E-state index is 6.90. The number of fused-ring (bicyclic) bond motifs is 5. The van der Waals surface area contributed by atoms with Gasteiger partial charge in [0.25, 0.3) is 0 Å². The Kier molecular flexibility index (Phi) is 6.42. The van der Waals surface area contributed by atoms with Crippen molar-refractivity contribution in [3.63, 3.8) is 0 Å². The molecule has 3 aliphatic rings. The molecule has 0 aromatic heterocycles. The van der Waals surface area contributed by atoms with Gasteiger partial charge in [-0.3, -0.25) is 0 Å². The number of rotatable bonds is 6. The number of hydrogen-bond donors (Lipinski definition) is 0. The highest BCUT2D eigenvalue weighted by atomic mass is 28.4. The van der Waals surface area contributed by atoms with Crippen molar-refractivity contribution in [3.8, 4) is 5.75 Å². The molecule has 0 N–H and O–H groups in total. The Balaban J connectivity index is 1.65. The minimum Gasteiger partial charge on any atom is -0.546 e. The first kappa shape index (κ1) is 25.3.